The summed E-state index contributed by atoms with van der Waals surface area (Å²) in [4.78, 5) is 34.8. The quantitative estimate of drug-likeness (QED) is 0.681. The Bertz CT molecular complexity index is 594. The average molecular weight is 289 g/mol. The molecule has 112 valence electrons. The van der Waals surface area contributed by atoms with Crippen LogP contribution in [-0.4, -0.2) is 17.7 Å². The maximum atomic E-state index is 12.3. The van der Waals surface area contributed by atoms with Crippen molar-refractivity contribution in [3.63, 3.8) is 0 Å². The number of ether oxygens (including phenoxy) is 1. The average Bonchev–Trinajstić information content (AvgIpc) is 2.40. The van der Waals surface area contributed by atoms with Gasteiger partial charge in [0.25, 0.3) is 0 Å². The summed E-state index contributed by atoms with van der Waals surface area (Å²) in [5.74, 6) is -0.666. The van der Waals surface area contributed by atoms with Gasteiger partial charge in [-0.3, -0.25) is 14.4 Å². The molecule has 0 aliphatic heterocycles. The van der Waals surface area contributed by atoms with Crippen LogP contribution >= 0.6 is 0 Å². The number of carbonyl (C=O) groups is 3. The van der Waals surface area contributed by atoms with E-state index in [-0.39, 0.29) is 23.6 Å². The predicted molar refractivity (Wildman–Crippen MR) is 76.8 cm³/mol. The minimum absolute atomic E-state index is 0.0154. The van der Waals surface area contributed by atoms with Crippen molar-refractivity contribution in [3.8, 4) is 5.75 Å². The second-order valence-electron chi connectivity index (χ2n) is 5.63. The van der Waals surface area contributed by atoms with Crippen molar-refractivity contribution in [1.82, 2.24) is 0 Å². The SMILES string of the molecule is Cc1ccc(C(N)=O)cc1OC(=O)[C@H]1CCC(=O)C[C@@H]1C. The number of hydrogen-bond donors (Lipinski definition) is 1. The lowest BCUT2D eigenvalue weighted by atomic mass is 9.80. The maximum Gasteiger partial charge on any atom is 0.314 e. The molecule has 1 amide bonds. The van der Waals surface area contributed by atoms with Crippen molar-refractivity contribution < 1.29 is 19.1 Å². The number of esters is 1. The zero-order valence-electron chi connectivity index (χ0n) is 12.2. The topological polar surface area (TPSA) is 86.5 Å². The van der Waals surface area contributed by atoms with Crippen molar-refractivity contribution in [2.24, 2.45) is 17.6 Å². The van der Waals surface area contributed by atoms with Crippen molar-refractivity contribution in [2.75, 3.05) is 0 Å². The normalized spacial score (nSPS) is 21.9. The zero-order valence-corrected chi connectivity index (χ0v) is 12.2. The van der Waals surface area contributed by atoms with Gasteiger partial charge in [0.2, 0.25) is 5.91 Å². The molecule has 1 aliphatic rings. The van der Waals surface area contributed by atoms with Gasteiger partial charge in [-0.15, -0.1) is 0 Å². The van der Waals surface area contributed by atoms with Gasteiger partial charge in [0.05, 0.1) is 5.92 Å². The maximum absolute atomic E-state index is 12.3. The van der Waals surface area contributed by atoms with Gasteiger partial charge < -0.3 is 10.5 Å². The van der Waals surface area contributed by atoms with Crippen LogP contribution in [0.1, 0.15) is 42.1 Å². The molecule has 2 rings (SSSR count). The molecule has 1 aromatic carbocycles. The molecule has 2 N–H and O–H groups in total. The molecule has 0 spiro atoms. The zero-order chi connectivity index (χ0) is 15.6. The number of benzene rings is 1. The summed E-state index contributed by atoms with van der Waals surface area (Å²) in [5, 5.41) is 0. The van der Waals surface area contributed by atoms with Crippen LogP contribution in [0, 0.1) is 18.8 Å². The molecule has 1 aliphatic carbocycles. The lowest BCUT2D eigenvalue weighted by Crippen LogP contribution is -2.32. The summed E-state index contributed by atoms with van der Waals surface area (Å²) in [6.07, 6.45) is 1.36. The lowest BCUT2D eigenvalue weighted by molar-refractivity contribution is -0.143. The highest BCUT2D eigenvalue weighted by molar-refractivity contribution is 5.93. The van der Waals surface area contributed by atoms with Crippen molar-refractivity contribution in [2.45, 2.75) is 33.1 Å². The number of carbonyl (C=O) groups excluding carboxylic acids is 3. The van der Waals surface area contributed by atoms with Crippen LogP contribution in [0.4, 0.5) is 0 Å². The smallest absolute Gasteiger partial charge is 0.314 e. The Kier molecular flexibility index (Phi) is 4.40. The Labute approximate surface area is 123 Å². The number of Topliss-reactive ketones (excluding diaryl/α,β-unsaturated/α-hetero) is 1. The number of nitrogens with two attached hydrogens (primary N) is 1. The van der Waals surface area contributed by atoms with E-state index in [0.717, 1.165) is 5.56 Å². The Hall–Kier alpha value is -2.17. The van der Waals surface area contributed by atoms with Crippen LogP contribution in [-0.2, 0) is 9.59 Å². The first-order chi connectivity index (χ1) is 9.88. The van der Waals surface area contributed by atoms with Gasteiger partial charge in [-0.2, -0.15) is 0 Å². The van der Waals surface area contributed by atoms with Crippen LogP contribution in [0.15, 0.2) is 18.2 Å². The van der Waals surface area contributed by atoms with Crippen LogP contribution in [0.25, 0.3) is 0 Å². The second-order valence-corrected chi connectivity index (χ2v) is 5.63. The van der Waals surface area contributed by atoms with Gasteiger partial charge in [0.15, 0.2) is 0 Å². The molecule has 0 heterocycles. The van der Waals surface area contributed by atoms with E-state index in [1.165, 1.54) is 6.07 Å². The number of rotatable bonds is 3. The van der Waals surface area contributed by atoms with Gasteiger partial charge in [-0.25, -0.2) is 0 Å². The van der Waals surface area contributed by atoms with E-state index in [9.17, 15) is 14.4 Å². The van der Waals surface area contributed by atoms with E-state index in [0.29, 0.717) is 30.6 Å². The van der Waals surface area contributed by atoms with Crippen molar-refractivity contribution in [3.05, 3.63) is 29.3 Å². The second kappa shape index (κ2) is 6.08. The Morgan fingerprint density at radius 2 is 2.05 bits per heavy atom. The number of ketones is 1. The molecule has 21 heavy (non-hydrogen) atoms. The summed E-state index contributed by atoms with van der Waals surface area (Å²) in [5.41, 5.74) is 6.29. The van der Waals surface area contributed by atoms with E-state index < -0.39 is 5.91 Å². The molecular formula is C16H19NO4. The highest BCUT2D eigenvalue weighted by Gasteiger charge is 2.33. The predicted octanol–water partition coefficient (Wildman–Crippen LogP) is 2.00. The lowest BCUT2D eigenvalue weighted by Gasteiger charge is -2.26. The van der Waals surface area contributed by atoms with Crippen LogP contribution in [0.5, 0.6) is 5.75 Å². The first-order valence-corrected chi connectivity index (χ1v) is 7.02. The summed E-state index contributed by atoms with van der Waals surface area (Å²) < 4.78 is 5.42. The third-order valence-electron chi connectivity index (χ3n) is 3.96. The van der Waals surface area contributed by atoms with Crippen molar-refractivity contribution >= 4 is 17.7 Å². The third-order valence-corrected chi connectivity index (χ3v) is 3.96. The molecule has 5 nitrogen and oxygen atoms in total. The van der Waals surface area contributed by atoms with E-state index in [1.807, 2.05) is 6.92 Å². The largest absolute Gasteiger partial charge is 0.426 e. The monoisotopic (exact) mass is 289 g/mol. The molecule has 5 heteroatoms. The molecular weight excluding hydrogens is 270 g/mol. The molecule has 1 aromatic rings. The molecule has 0 radical (unpaired) electrons. The molecule has 1 fully saturated rings. The first-order valence-electron chi connectivity index (χ1n) is 7.02. The molecule has 2 atom stereocenters. The van der Waals surface area contributed by atoms with Gasteiger partial charge in [-0.1, -0.05) is 13.0 Å². The van der Waals surface area contributed by atoms with E-state index in [1.54, 1.807) is 19.1 Å². The van der Waals surface area contributed by atoms with Gasteiger partial charge in [0.1, 0.15) is 11.5 Å². The molecule has 0 unspecified atom stereocenters. The minimum Gasteiger partial charge on any atom is -0.426 e. The van der Waals surface area contributed by atoms with Crippen LogP contribution < -0.4 is 10.5 Å². The van der Waals surface area contributed by atoms with Gasteiger partial charge in [0, 0.05) is 18.4 Å². The highest BCUT2D eigenvalue weighted by Crippen LogP contribution is 2.30. The number of primary amides is 1. The minimum atomic E-state index is -0.566. The van der Waals surface area contributed by atoms with Crippen LogP contribution in [0.3, 0.4) is 0 Å². The molecule has 1 saturated carbocycles. The fraction of sp³-hybridized carbons (Fsp3) is 0.438. The fourth-order valence-electron chi connectivity index (χ4n) is 2.60. The Balaban J connectivity index is 2.14. The third kappa shape index (κ3) is 3.48. The summed E-state index contributed by atoms with van der Waals surface area (Å²) in [6.45, 7) is 3.68. The standard InChI is InChI=1S/C16H19NO4/c1-9-3-4-11(15(17)19)8-14(9)21-16(20)13-6-5-12(18)7-10(13)2/h3-4,8,10,13H,5-7H2,1-2H3,(H2,17,19)/t10-,13-/m0/s1. The summed E-state index contributed by atoms with van der Waals surface area (Å²) in [7, 11) is 0. The fourth-order valence-corrected chi connectivity index (χ4v) is 2.60. The van der Waals surface area contributed by atoms with Crippen molar-refractivity contribution in [1.29, 1.82) is 0 Å². The first kappa shape index (κ1) is 15.2. The summed E-state index contributed by atoms with van der Waals surface area (Å²) >= 11 is 0. The van der Waals surface area contributed by atoms with E-state index >= 15 is 0 Å². The van der Waals surface area contributed by atoms with Gasteiger partial charge >= 0.3 is 5.97 Å². The number of aryl methyl sites for hydroxylation is 1. The molecule has 0 bridgehead atoms. The molecule has 0 saturated heterocycles. The summed E-state index contributed by atoms with van der Waals surface area (Å²) in [6, 6.07) is 4.77. The Morgan fingerprint density at radius 3 is 2.67 bits per heavy atom. The molecule has 0 aromatic heterocycles. The number of amides is 1. The Morgan fingerprint density at radius 1 is 1.33 bits per heavy atom. The number of hydrogen-bond acceptors (Lipinski definition) is 4. The van der Waals surface area contributed by atoms with E-state index in [4.69, 9.17) is 10.5 Å². The van der Waals surface area contributed by atoms with E-state index in [2.05, 4.69) is 0 Å². The highest BCUT2D eigenvalue weighted by atomic mass is 16.5. The van der Waals surface area contributed by atoms with Gasteiger partial charge in [-0.05, 0) is 37.0 Å². The van der Waals surface area contributed by atoms with Crippen LogP contribution in [0.2, 0.25) is 0 Å².